The number of rotatable bonds is 7. The van der Waals surface area contributed by atoms with Gasteiger partial charge in [0.2, 0.25) is 0 Å². The van der Waals surface area contributed by atoms with E-state index in [4.69, 9.17) is 14.2 Å². The monoisotopic (exact) mass is 383 g/mol. The van der Waals surface area contributed by atoms with E-state index >= 15 is 0 Å². The van der Waals surface area contributed by atoms with Gasteiger partial charge in [0.1, 0.15) is 29.7 Å². The van der Waals surface area contributed by atoms with E-state index in [-0.39, 0.29) is 12.2 Å². The Hall–Kier alpha value is -2.71. The molecular formula is C20H25N5O3. The third-order valence-corrected chi connectivity index (χ3v) is 4.97. The summed E-state index contributed by atoms with van der Waals surface area (Å²) in [4.78, 5) is 11.1. The number of nitrogens with one attached hydrogen (secondary N) is 1. The number of hydrogen-bond acceptors (Lipinski definition) is 7. The Morgan fingerprint density at radius 1 is 1.25 bits per heavy atom. The number of nitrogens with zero attached hydrogens (tertiary/aromatic N) is 4. The second kappa shape index (κ2) is 8.12. The van der Waals surface area contributed by atoms with Crippen molar-refractivity contribution in [3.8, 4) is 17.1 Å². The van der Waals surface area contributed by atoms with E-state index in [1.807, 2.05) is 31.2 Å². The largest absolute Gasteiger partial charge is 0.488 e. The minimum atomic E-state index is -0.0349. The summed E-state index contributed by atoms with van der Waals surface area (Å²) in [5.74, 6) is 1.67. The van der Waals surface area contributed by atoms with Gasteiger partial charge in [-0.1, -0.05) is 0 Å². The Labute approximate surface area is 163 Å². The van der Waals surface area contributed by atoms with Gasteiger partial charge in [0.05, 0.1) is 23.9 Å². The fourth-order valence-electron chi connectivity index (χ4n) is 3.54. The summed E-state index contributed by atoms with van der Waals surface area (Å²) in [5, 5.41) is 8.52. The first-order valence-electron chi connectivity index (χ1n) is 9.42. The number of aromatic nitrogens is 4. The molecule has 1 aliphatic heterocycles. The molecule has 2 unspecified atom stereocenters. The quantitative estimate of drug-likeness (QED) is 0.671. The first-order chi connectivity index (χ1) is 13.7. The molecule has 0 spiro atoms. The van der Waals surface area contributed by atoms with E-state index in [1.165, 1.54) is 0 Å². The van der Waals surface area contributed by atoms with Gasteiger partial charge in [-0.05, 0) is 31.5 Å². The highest BCUT2D eigenvalue weighted by atomic mass is 16.5. The first kappa shape index (κ1) is 18.6. The van der Waals surface area contributed by atoms with E-state index in [9.17, 15) is 0 Å². The summed E-state index contributed by atoms with van der Waals surface area (Å²) in [6.45, 7) is 4.27. The molecule has 3 aromatic rings. The molecule has 1 saturated heterocycles. The average molecular weight is 383 g/mol. The summed E-state index contributed by atoms with van der Waals surface area (Å²) in [6, 6.07) is 7.86. The van der Waals surface area contributed by atoms with Crippen LogP contribution in [0, 0.1) is 0 Å². The van der Waals surface area contributed by atoms with Crippen LogP contribution in [0.5, 0.6) is 5.75 Å². The highest BCUT2D eigenvalue weighted by molar-refractivity contribution is 5.93. The molecular weight excluding hydrogens is 358 g/mol. The van der Waals surface area contributed by atoms with Gasteiger partial charge in [-0.25, -0.2) is 9.97 Å². The third-order valence-electron chi connectivity index (χ3n) is 4.97. The van der Waals surface area contributed by atoms with Crippen LogP contribution in [-0.4, -0.2) is 66.3 Å². The van der Waals surface area contributed by atoms with Gasteiger partial charge in [0.15, 0.2) is 0 Å². The van der Waals surface area contributed by atoms with Crippen LogP contribution < -0.4 is 9.64 Å². The lowest BCUT2D eigenvalue weighted by Crippen LogP contribution is -2.23. The lowest BCUT2D eigenvalue weighted by Gasteiger charge is -2.17. The van der Waals surface area contributed by atoms with Gasteiger partial charge < -0.3 is 19.1 Å². The SMILES string of the molecule is COCC(C)Oc1ccc2[nH]nc(-c3cc(N4CCC(OC)C4)ncn3)c2c1. The Morgan fingerprint density at radius 3 is 2.93 bits per heavy atom. The molecule has 2 aromatic heterocycles. The molecule has 1 fully saturated rings. The van der Waals surface area contributed by atoms with E-state index in [1.54, 1.807) is 20.5 Å². The average Bonchev–Trinajstić information content (AvgIpc) is 3.35. The second-order valence-corrected chi connectivity index (χ2v) is 7.02. The maximum absolute atomic E-state index is 5.93. The number of benzene rings is 1. The van der Waals surface area contributed by atoms with Gasteiger partial charge >= 0.3 is 0 Å². The number of ether oxygens (including phenoxy) is 3. The molecule has 4 rings (SSSR count). The molecule has 8 nitrogen and oxygen atoms in total. The first-order valence-corrected chi connectivity index (χ1v) is 9.42. The van der Waals surface area contributed by atoms with Crippen LogP contribution in [0.25, 0.3) is 22.3 Å². The van der Waals surface area contributed by atoms with Crippen molar-refractivity contribution >= 4 is 16.7 Å². The predicted molar refractivity (Wildman–Crippen MR) is 107 cm³/mol. The van der Waals surface area contributed by atoms with Crippen LogP contribution in [-0.2, 0) is 9.47 Å². The van der Waals surface area contributed by atoms with Crippen molar-refractivity contribution < 1.29 is 14.2 Å². The molecule has 2 atom stereocenters. The normalized spacial score (nSPS) is 18.0. The number of methoxy groups -OCH3 is 2. The molecule has 8 heteroatoms. The van der Waals surface area contributed by atoms with Gasteiger partial charge in [-0.2, -0.15) is 5.10 Å². The van der Waals surface area contributed by atoms with Crippen molar-refractivity contribution in [3.05, 3.63) is 30.6 Å². The summed E-state index contributed by atoms with van der Waals surface area (Å²) < 4.78 is 16.5. The number of anilines is 1. The molecule has 1 N–H and O–H groups in total. The number of H-pyrrole nitrogens is 1. The van der Waals surface area contributed by atoms with Crippen LogP contribution in [0.2, 0.25) is 0 Å². The standard InChI is InChI=1S/C20H25N5O3/c1-13(11-26-2)28-14-4-5-17-16(8-14)20(24-23-17)18-9-19(22-12-21-18)25-7-6-15(10-25)27-3/h4-5,8-9,12-13,15H,6-7,10-11H2,1-3H3,(H,23,24). The Morgan fingerprint density at radius 2 is 2.14 bits per heavy atom. The predicted octanol–water partition coefficient (Wildman–Crippen LogP) is 2.66. The van der Waals surface area contributed by atoms with E-state index < -0.39 is 0 Å². The summed E-state index contributed by atoms with van der Waals surface area (Å²) >= 11 is 0. The molecule has 0 aliphatic carbocycles. The van der Waals surface area contributed by atoms with Crippen LogP contribution >= 0.6 is 0 Å². The molecule has 1 aromatic carbocycles. The number of fused-ring (bicyclic) bond motifs is 1. The Kier molecular flexibility index (Phi) is 5.40. The zero-order valence-electron chi connectivity index (χ0n) is 16.4. The molecule has 28 heavy (non-hydrogen) atoms. The Balaban J connectivity index is 1.63. The molecule has 3 heterocycles. The smallest absolute Gasteiger partial charge is 0.132 e. The van der Waals surface area contributed by atoms with Gasteiger partial charge in [-0.3, -0.25) is 5.10 Å². The Bertz CT molecular complexity index is 944. The minimum absolute atomic E-state index is 0.0349. The minimum Gasteiger partial charge on any atom is -0.488 e. The van der Waals surface area contributed by atoms with Gasteiger partial charge in [-0.15, -0.1) is 0 Å². The van der Waals surface area contributed by atoms with Gasteiger partial charge in [0.25, 0.3) is 0 Å². The molecule has 0 radical (unpaired) electrons. The van der Waals surface area contributed by atoms with Crippen molar-refractivity contribution in [1.29, 1.82) is 0 Å². The molecule has 148 valence electrons. The van der Waals surface area contributed by atoms with Crippen molar-refractivity contribution in [2.24, 2.45) is 0 Å². The maximum atomic E-state index is 5.93. The molecule has 0 amide bonds. The van der Waals surface area contributed by atoms with Crippen LogP contribution in [0.3, 0.4) is 0 Å². The van der Waals surface area contributed by atoms with Crippen LogP contribution in [0.1, 0.15) is 13.3 Å². The number of aromatic amines is 1. The molecule has 0 bridgehead atoms. The summed E-state index contributed by atoms with van der Waals surface area (Å²) in [7, 11) is 3.42. The number of hydrogen-bond donors (Lipinski definition) is 1. The highest BCUT2D eigenvalue weighted by Crippen LogP contribution is 2.30. The summed E-state index contributed by atoms with van der Waals surface area (Å²) in [5.41, 5.74) is 2.49. The highest BCUT2D eigenvalue weighted by Gasteiger charge is 2.24. The second-order valence-electron chi connectivity index (χ2n) is 7.02. The van der Waals surface area contributed by atoms with Crippen molar-refractivity contribution in [2.75, 3.05) is 38.8 Å². The van der Waals surface area contributed by atoms with Crippen molar-refractivity contribution in [2.45, 2.75) is 25.6 Å². The summed E-state index contributed by atoms with van der Waals surface area (Å²) in [6.07, 6.45) is 2.80. The van der Waals surface area contributed by atoms with E-state index in [0.29, 0.717) is 6.61 Å². The van der Waals surface area contributed by atoms with Gasteiger partial charge in [0, 0.05) is 38.8 Å². The lowest BCUT2D eigenvalue weighted by molar-refractivity contribution is 0.0922. The fourth-order valence-corrected chi connectivity index (χ4v) is 3.54. The maximum Gasteiger partial charge on any atom is 0.132 e. The fraction of sp³-hybridized carbons (Fsp3) is 0.450. The molecule has 1 aliphatic rings. The van der Waals surface area contributed by atoms with E-state index in [0.717, 1.165) is 53.4 Å². The van der Waals surface area contributed by atoms with Crippen LogP contribution in [0.4, 0.5) is 5.82 Å². The zero-order valence-corrected chi connectivity index (χ0v) is 16.4. The molecule has 0 saturated carbocycles. The zero-order chi connectivity index (χ0) is 19.5. The van der Waals surface area contributed by atoms with Crippen LogP contribution in [0.15, 0.2) is 30.6 Å². The third kappa shape index (κ3) is 3.79. The lowest BCUT2D eigenvalue weighted by atomic mass is 10.1. The van der Waals surface area contributed by atoms with Crippen molar-refractivity contribution in [3.63, 3.8) is 0 Å². The van der Waals surface area contributed by atoms with Crippen molar-refractivity contribution in [1.82, 2.24) is 20.2 Å². The van der Waals surface area contributed by atoms with E-state index in [2.05, 4.69) is 25.1 Å². The topological polar surface area (TPSA) is 85.4 Å².